The van der Waals surface area contributed by atoms with Gasteiger partial charge in [0.05, 0.1) is 5.02 Å². The highest BCUT2D eigenvalue weighted by atomic mass is 35.5. The molecule has 0 radical (unpaired) electrons. The Bertz CT molecular complexity index is 596. The lowest BCUT2D eigenvalue weighted by Gasteiger charge is -2.03. The summed E-state index contributed by atoms with van der Waals surface area (Å²) in [6.45, 7) is 0. The minimum absolute atomic E-state index is 0.0266. The van der Waals surface area contributed by atoms with E-state index in [-0.39, 0.29) is 22.8 Å². The number of hydrogen-bond donors (Lipinski definition) is 0. The van der Waals surface area contributed by atoms with Crippen LogP contribution in [0.5, 0.6) is 0 Å². The summed E-state index contributed by atoms with van der Waals surface area (Å²) < 4.78 is 26.1. The van der Waals surface area contributed by atoms with Crippen molar-refractivity contribution in [3.05, 3.63) is 70.2 Å². The van der Waals surface area contributed by atoms with Crippen molar-refractivity contribution >= 4 is 17.4 Å². The summed E-state index contributed by atoms with van der Waals surface area (Å²) in [7, 11) is 0. The van der Waals surface area contributed by atoms with Crippen LogP contribution in [0.4, 0.5) is 8.78 Å². The normalized spacial score (nSPS) is 10.4. The van der Waals surface area contributed by atoms with E-state index >= 15 is 0 Å². The van der Waals surface area contributed by atoms with Gasteiger partial charge >= 0.3 is 0 Å². The second-order valence-electron chi connectivity index (χ2n) is 3.86. The molecular weight excluding hydrogens is 258 g/mol. The SMILES string of the molecule is O=C(Cc1cccc(F)c1)c1ccc(Cl)c(F)c1. The van der Waals surface area contributed by atoms with Crippen molar-refractivity contribution in [1.29, 1.82) is 0 Å². The van der Waals surface area contributed by atoms with Crippen LogP contribution in [0, 0.1) is 11.6 Å². The van der Waals surface area contributed by atoms with Gasteiger partial charge in [-0.05, 0) is 35.9 Å². The van der Waals surface area contributed by atoms with Gasteiger partial charge in [0.1, 0.15) is 11.6 Å². The number of Topliss-reactive ketones (excluding diaryl/α,β-unsaturated/α-hetero) is 1. The Morgan fingerprint density at radius 3 is 2.56 bits per heavy atom. The number of carbonyl (C=O) groups is 1. The molecule has 18 heavy (non-hydrogen) atoms. The maximum absolute atomic E-state index is 13.2. The topological polar surface area (TPSA) is 17.1 Å². The maximum atomic E-state index is 13.2. The van der Waals surface area contributed by atoms with Gasteiger partial charge in [-0.15, -0.1) is 0 Å². The summed E-state index contributed by atoms with van der Waals surface area (Å²) in [6.07, 6.45) is 0.0266. The zero-order valence-electron chi connectivity index (χ0n) is 9.29. The van der Waals surface area contributed by atoms with Crippen molar-refractivity contribution in [3.8, 4) is 0 Å². The molecular formula is C14H9ClF2O. The minimum Gasteiger partial charge on any atom is -0.294 e. The molecule has 0 spiro atoms. The average molecular weight is 267 g/mol. The summed E-state index contributed by atoms with van der Waals surface area (Å²) in [6, 6.07) is 9.63. The van der Waals surface area contributed by atoms with Gasteiger partial charge in [0.2, 0.25) is 0 Å². The maximum Gasteiger partial charge on any atom is 0.167 e. The van der Waals surface area contributed by atoms with Crippen LogP contribution in [0.1, 0.15) is 15.9 Å². The molecule has 1 nitrogen and oxygen atoms in total. The van der Waals surface area contributed by atoms with Crippen LogP contribution in [-0.4, -0.2) is 5.78 Å². The molecule has 0 N–H and O–H groups in total. The van der Waals surface area contributed by atoms with Crippen molar-refractivity contribution in [3.63, 3.8) is 0 Å². The van der Waals surface area contributed by atoms with Gasteiger partial charge in [-0.1, -0.05) is 23.7 Å². The van der Waals surface area contributed by atoms with Crippen molar-refractivity contribution in [2.24, 2.45) is 0 Å². The molecule has 2 rings (SSSR count). The van der Waals surface area contributed by atoms with E-state index in [1.165, 1.54) is 30.3 Å². The van der Waals surface area contributed by atoms with E-state index in [2.05, 4.69) is 0 Å². The number of ketones is 1. The predicted molar refractivity (Wildman–Crippen MR) is 65.8 cm³/mol. The molecule has 2 aromatic rings. The van der Waals surface area contributed by atoms with Crippen LogP contribution in [0.25, 0.3) is 0 Å². The van der Waals surface area contributed by atoms with E-state index in [0.29, 0.717) is 5.56 Å². The van der Waals surface area contributed by atoms with Gasteiger partial charge in [0, 0.05) is 12.0 Å². The average Bonchev–Trinajstić information content (AvgIpc) is 2.32. The zero-order chi connectivity index (χ0) is 13.1. The molecule has 0 aliphatic rings. The van der Waals surface area contributed by atoms with Gasteiger partial charge < -0.3 is 0 Å². The third-order valence-corrected chi connectivity index (χ3v) is 2.80. The van der Waals surface area contributed by atoms with Gasteiger partial charge in [-0.3, -0.25) is 4.79 Å². The Morgan fingerprint density at radius 1 is 1.11 bits per heavy atom. The van der Waals surface area contributed by atoms with Crippen LogP contribution < -0.4 is 0 Å². The smallest absolute Gasteiger partial charge is 0.167 e. The van der Waals surface area contributed by atoms with Crippen molar-refractivity contribution < 1.29 is 13.6 Å². The van der Waals surface area contributed by atoms with E-state index in [9.17, 15) is 13.6 Å². The summed E-state index contributed by atoms with van der Waals surface area (Å²) >= 11 is 5.53. The molecule has 0 atom stereocenters. The molecule has 0 aliphatic carbocycles. The Kier molecular flexibility index (Phi) is 3.72. The Morgan fingerprint density at radius 2 is 1.89 bits per heavy atom. The molecule has 2 aromatic carbocycles. The first-order chi connectivity index (χ1) is 8.56. The molecule has 0 saturated heterocycles. The quantitative estimate of drug-likeness (QED) is 0.766. The largest absolute Gasteiger partial charge is 0.294 e. The van der Waals surface area contributed by atoms with Gasteiger partial charge in [0.15, 0.2) is 5.78 Å². The highest BCUT2D eigenvalue weighted by molar-refractivity contribution is 6.30. The highest BCUT2D eigenvalue weighted by Gasteiger charge is 2.10. The summed E-state index contributed by atoms with van der Waals surface area (Å²) in [5.74, 6) is -1.32. The van der Waals surface area contributed by atoms with E-state index in [4.69, 9.17) is 11.6 Å². The number of halogens is 3. The fourth-order valence-corrected chi connectivity index (χ4v) is 1.72. The van der Waals surface area contributed by atoms with Crippen LogP contribution in [-0.2, 0) is 6.42 Å². The van der Waals surface area contributed by atoms with Gasteiger partial charge in [-0.2, -0.15) is 0 Å². The second-order valence-corrected chi connectivity index (χ2v) is 4.27. The number of hydrogen-bond acceptors (Lipinski definition) is 1. The van der Waals surface area contributed by atoms with Crippen molar-refractivity contribution in [2.45, 2.75) is 6.42 Å². The van der Waals surface area contributed by atoms with Crippen molar-refractivity contribution in [1.82, 2.24) is 0 Å². The summed E-state index contributed by atoms with van der Waals surface area (Å²) in [4.78, 5) is 11.9. The Hall–Kier alpha value is -1.74. The molecule has 0 bridgehead atoms. The number of carbonyl (C=O) groups excluding carboxylic acids is 1. The third-order valence-electron chi connectivity index (χ3n) is 2.50. The monoisotopic (exact) mass is 266 g/mol. The molecule has 0 aliphatic heterocycles. The highest BCUT2D eigenvalue weighted by Crippen LogP contribution is 2.17. The fourth-order valence-electron chi connectivity index (χ4n) is 1.60. The zero-order valence-corrected chi connectivity index (χ0v) is 10.0. The van der Waals surface area contributed by atoms with E-state index in [1.54, 1.807) is 6.07 Å². The lowest BCUT2D eigenvalue weighted by Crippen LogP contribution is -2.04. The molecule has 4 heteroatoms. The first kappa shape index (κ1) is 12.7. The van der Waals surface area contributed by atoms with Crippen LogP contribution in [0.15, 0.2) is 42.5 Å². The van der Waals surface area contributed by atoms with E-state index < -0.39 is 11.6 Å². The van der Waals surface area contributed by atoms with Gasteiger partial charge in [0.25, 0.3) is 0 Å². The molecule has 0 saturated carbocycles. The summed E-state index contributed by atoms with van der Waals surface area (Å²) in [5, 5.41) is -0.0303. The van der Waals surface area contributed by atoms with Crippen LogP contribution >= 0.6 is 11.6 Å². The van der Waals surface area contributed by atoms with E-state index in [0.717, 1.165) is 6.07 Å². The molecule has 0 heterocycles. The Labute approximate surface area is 108 Å². The standard InChI is InChI=1S/C14H9ClF2O/c15-12-5-4-10(8-13(12)17)14(18)7-9-2-1-3-11(16)6-9/h1-6,8H,7H2. The molecule has 0 aromatic heterocycles. The lowest BCUT2D eigenvalue weighted by molar-refractivity contribution is 0.0992. The molecule has 0 unspecified atom stereocenters. The predicted octanol–water partition coefficient (Wildman–Crippen LogP) is 4.04. The fraction of sp³-hybridized carbons (Fsp3) is 0.0714. The first-order valence-electron chi connectivity index (χ1n) is 5.29. The third kappa shape index (κ3) is 2.93. The number of benzene rings is 2. The second kappa shape index (κ2) is 5.27. The number of rotatable bonds is 3. The molecule has 92 valence electrons. The van der Waals surface area contributed by atoms with E-state index in [1.807, 2.05) is 0 Å². The first-order valence-corrected chi connectivity index (χ1v) is 5.67. The van der Waals surface area contributed by atoms with Crippen LogP contribution in [0.2, 0.25) is 5.02 Å². The Balaban J connectivity index is 2.19. The minimum atomic E-state index is -0.637. The lowest BCUT2D eigenvalue weighted by atomic mass is 10.0. The molecule has 0 fully saturated rings. The summed E-state index contributed by atoms with van der Waals surface area (Å²) in [5.41, 5.74) is 0.775. The van der Waals surface area contributed by atoms with Crippen molar-refractivity contribution in [2.75, 3.05) is 0 Å². The van der Waals surface area contributed by atoms with Crippen LogP contribution in [0.3, 0.4) is 0 Å². The molecule has 0 amide bonds. The van der Waals surface area contributed by atoms with Gasteiger partial charge in [-0.25, -0.2) is 8.78 Å².